The van der Waals surface area contributed by atoms with Gasteiger partial charge in [-0.1, -0.05) is 30.9 Å². The van der Waals surface area contributed by atoms with Gasteiger partial charge in [0.15, 0.2) is 0 Å². The predicted molar refractivity (Wildman–Crippen MR) is 49.5 cm³/mol. The Balaban J connectivity index is 2.56. The van der Waals surface area contributed by atoms with Crippen LogP contribution >= 0.6 is 0 Å². The van der Waals surface area contributed by atoms with Crippen LogP contribution in [0.25, 0.3) is 0 Å². The Bertz CT molecular complexity index is 189. The molecule has 0 atom stereocenters. The van der Waals surface area contributed by atoms with Crippen molar-refractivity contribution < 1.29 is 0 Å². The van der Waals surface area contributed by atoms with Crippen molar-refractivity contribution in [1.82, 2.24) is 4.90 Å². The van der Waals surface area contributed by atoms with Gasteiger partial charge in [-0.25, -0.2) is 0 Å². The van der Waals surface area contributed by atoms with Gasteiger partial charge in [-0.3, -0.25) is 0 Å². The predicted octanol–water partition coefficient (Wildman–Crippen LogP) is 1.99. The second-order valence-electron chi connectivity index (χ2n) is 2.97. The molecule has 0 bridgehead atoms. The third-order valence-corrected chi connectivity index (χ3v) is 1.73. The van der Waals surface area contributed by atoms with Gasteiger partial charge < -0.3 is 4.90 Å². The molecular weight excluding hydrogens is 134 g/mol. The molecule has 1 heteroatoms. The molecular formula is C10H15N. The van der Waals surface area contributed by atoms with E-state index in [-0.39, 0.29) is 0 Å². The van der Waals surface area contributed by atoms with Gasteiger partial charge in [0.2, 0.25) is 0 Å². The van der Waals surface area contributed by atoms with Gasteiger partial charge in [0.1, 0.15) is 0 Å². The zero-order chi connectivity index (χ0) is 8.10. The lowest BCUT2D eigenvalue weighted by atomic mass is 10.2. The molecule has 0 radical (unpaired) electrons. The monoisotopic (exact) mass is 149 g/mol. The molecule has 0 unspecified atom stereocenters. The molecule has 0 saturated carbocycles. The highest BCUT2D eigenvalue weighted by molar-refractivity contribution is 5.21. The quantitative estimate of drug-likeness (QED) is 0.509. The second kappa shape index (κ2) is 4.14. The Morgan fingerprint density at radius 2 is 2.27 bits per heavy atom. The van der Waals surface area contributed by atoms with Crippen LogP contribution in [0.4, 0.5) is 0 Å². The van der Waals surface area contributed by atoms with Gasteiger partial charge in [-0.05, 0) is 19.0 Å². The van der Waals surface area contributed by atoms with Gasteiger partial charge in [-0.2, -0.15) is 0 Å². The Kier molecular flexibility index (Phi) is 3.12. The van der Waals surface area contributed by atoms with Crippen LogP contribution in [0.2, 0.25) is 0 Å². The van der Waals surface area contributed by atoms with E-state index in [1.807, 2.05) is 0 Å². The van der Waals surface area contributed by atoms with E-state index in [0.717, 1.165) is 19.5 Å². The van der Waals surface area contributed by atoms with Crippen LogP contribution < -0.4 is 0 Å². The topological polar surface area (TPSA) is 3.24 Å². The van der Waals surface area contributed by atoms with Crippen LogP contribution in [-0.2, 0) is 0 Å². The summed E-state index contributed by atoms with van der Waals surface area (Å²) >= 11 is 0. The van der Waals surface area contributed by atoms with Crippen LogP contribution in [0.5, 0.6) is 0 Å². The molecule has 0 aromatic heterocycles. The summed E-state index contributed by atoms with van der Waals surface area (Å²) in [7, 11) is 2.12. The minimum atomic E-state index is 0.984. The summed E-state index contributed by atoms with van der Waals surface area (Å²) in [6.45, 7) is 6.05. The normalized spacial score (nSPS) is 26.8. The molecule has 0 aliphatic carbocycles. The first-order valence-corrected chi connectivity index (χ1v) is 3.98. The highest BCUT2D eigenvalue weighted by Crippen LogP contribution is 2.01. The number of hydrogen-bond acceptors (Lipinski definition) is 1. The summed E-state index contributed by atoms with van der Waals surface area (Å²) in [6.07, 6.45) is 9.53. The molecule has 1 nitrogen and oxygen atoms in total. The van der Waals surface area contributed by atoms with Crippen molar-refractivity contribution in [2.75, 3.05) is 20.1 Å². The molecule has 1 heterocycles. The van der Waals surface area contributed by atoms with Crippen LogP contribution in [-0.4, -0.2) is 25.0 Å². The van der Waals surface area contributed by atoms with Crippen LogP contribution in [0.3, 0.4) is 0 Å². The average Bonchev–Trinajstić information content (AvgIpc) is 2.02. The highest BCUT2D eigenvalue weighted by Gasteiger charge is 1.97. The molecule has 0 N–H and O–H groups in total. The van der Waals surface area contributed by atoms with Crippen molar-refractivity contribution in [3.8, 4) is 0 Å². The van der Waals surface area contributed by atoms with E-state index in [2.05, 4.69) is 42.8 Å². The second-order valence-corrected chi connectivity index (χ2v) is 2.97. The molecule has 60 valence electrons. The van der Waals surface area contributed by atoms with Crippen molar-refractivity contribution in [3.63, 3.8) is 0 Å². The zero-order valence-corrected chi connectivity index (χ0v) is 7.09. The summed E-state index contributed by atoms with van der Waals surface area (Å²) in [5.74, 6) is 0. The summed E-state index contributed by atoms with van der Waals surface area (Å²) < 4.78 is 0. The Hall–Kier alpha value is -0.820. The van der Waals surface area contributed by atoms with Gasteiger partial charge in [0.05, 0.1) is 0 Å². The van der Waals surface area contributed by atoms with E-state index >= 15 is 0 Å². The van der Waals surface area contributed by atoms with Gasteiger partial charge in [0, 0.05) is 13.1 Å². The lowest BCUT2D eigenvalue weighted by Crippen LogP contribution is -2.20. The molecule has 0 aromatic carbocycles. The molecule has 11 heavy (non-hydrogen) atoms. The van der Waals surface area contributed by atoms with Gasteiger partial charge in [0.25, 0.3) is 0 Å². The first-order valence-electron chi connectivity index (χ1n) is 3.98. The number of rotatable bonds is 0. The Morgan fingerprint density at radius 1 is 1.45 bits per heavy atom. The molecule has 1 aliphatic rings. The molecule has 1 aliphatic heterocycles. The number of likely N-dealkylation sites (N-methyl/N-ethyl adjacent to an activating group) is 1. The van der Waals surface area contributed by atoms with Crippen molar-refractivity contribution in [2.24, 2.45) is 0 Å². The zero-order valence-electron chi connectivity index (χ0n) is 7.09. The van der Waals surface area contributed by atoms with E-state index in [4.69, 9.17) is 0 Å². The fourth-order valence-electron chi connectivity index (χ4n) is 1.14. The van der Waals surface area contributed by atoms with Crippen molar-refractivity contribution in [2.45, 2.75) is 6.42 Å². The van der Waals surface area contributed by atoms with Crippen molar-refractivity contribution in [3.05, 3.63) is 36.5 Å². The third-order valence-electron chi connectivity index (χ3n) is 1.73. The Morgan fingerprint density at radius 3 is 3.09 bits per heavy atom. The molecule has 0 saturated heterocycles. The van der Waals surface area contributed by atoms with Crippen LogP contribution in [0.1, 0.15) is 6.42 Å². The summed E-state index contributed by atoms with van der Waals surface area (Å²) in [4.78, 5) is 2.28. The summed E-state index contributed by atoms with van der Waals surface area (Å²) in [5, 5.41) is 0. The van der Waals surface area contributed by atoms with E-state index in [9.17, 15) is 0 Å². The fraction of sp³-hybridized carbons (Fsp3) is 0.400. The SMILES string of the molecule is C=C1/C=C\C=C/CCN(C)C1. The standard InChI is InChI=1S/C10H15N/c1-10-7-5-3-4-6-8-11(2)9-10/h3-5,7H,1,6,8-9H2,2H3/b4-3-,7-5-. The Labute approximate surface area is 68.7 Å². The smallest absolute Gasteiger partial charge is 0.0224 e. The molecule has 0 amide bonds. The molecule has 0 fully saturated rings. The molecule has 0 spiro atoms. The highest BCUT2D eigenvalue weighted by atomic mass is 15.1. The fourth-order valence-corrected chi connectivity index (χ4v) is 1.14. The van der Waals surface area contributed by atoms with Crippen molar-refractivity contribution >= 4 is 0 Å². The van der Waals surface area contributed by atoms with Gasteiger partial charge in [-0.15, -0.1) is 0 Å². The maximum absolute atomic E-state index is 3.95. The third kappa shape index (κ3) is 3.19. The van der Waals surface area contributed by atoms with E-state index < -0.39 is 0 Å². The average molecular weight is 149 g/mol. The van der Waals surface area contributed by atoms with Crippen molar-refractivity contribution in [1.29, 1.82) is 0 Å². The maximum Gasteiger partial charge on any atom is 0.0224 e. The van der Waals surface area contributed by atoms with E-state index in [0.29, 0.717) is 0 Å². The number of nitrogens with zero attached hydrogens (tertiary/aromatic N) is 1. The first-order chi connectivity index (χ1) is 5.29. The minimum Gasteiger partial charge on any atom is -0.302 e. The largest absolute Gasteiger partial charge is 0.302 e. The van der Waals surface area contributed by atoms with Gasteiger partial charge >= 0.3 is 0 Å². The lowest BCUT2D eigenvalue weighted by molar-refractivity contribution is 0.373. The molecule has 1 rings (SSSR count). The summed E-state index contributed by atoms with van der Waals surface area (Å²) in [5.41, 5.74) is 1.18. The van der Waals surface area contributed by atoms with E-state index in [1.54, 1.807) is 0 Å². The maximum atomic E-state index is 3.95. The van der Waals surface area contributed by atoms with Crippen LogP contribution in [0, 0.1) is 0 Å². The number of hydrogen-bond donors (Lipinski definition) is 0. The lowest BCUT2D eigenvalue weighted by Gasteiger charge is -2.14. The summed E-state index contributed by atoms with van der Waals surface area (Å²) in [6, 6.07) is 0. The van der Waals surface area contributed by atoms with E-state index in [1.165, 1.54) is 5.57 Å². The first kappa shape index (κ1) is 8.28. The molecule has 0 aromatic rings. The van der Waals surface area contributed by atoms with Crippen LogP contribution in [0.15, 0.2) is 36.5 Å². The number of allylic oxidation sites excluding steroid dienone is 2. The minimum absolute atomic E-state index is 0.984.